The molecule has 2 amide bonds. The molecule has 2 aromatic carbocycles. The van der Waals surface area contributed by atoms with Gasteiger partial charge in [-0.15, -0.1) is 11.3 Å². The van der Waals surface area contributed by atoms with Crippen molar-refractivity contribution in [3.63, 3.8) is 0 Å². The predicted molar refractivity (Wildman–Crippen MR) is 145 cm³/mol. The third-order valence-corrected chi connectivity index (χ3v) is 8.46. The molecule has 0 radical (unpaired) electrons. The average molecular weight is 537 g/mol. The molecule has 1 aromatic heterocycles. The number of amides is 2. The van der Waals surface area contributed by atoms with Gasteiger partial charge in [-0.1, -0.05) is 18.2 Å². The van der Waals surface area contributed by atoms with Crippen LogP contribution in [0.5, 0.6) is 0 Å². The van der Waals surface area contributed by atoms with Gasteiger partial charge in [-0.05, 0) is 81.5 Å². The normalized spacial score (nSPS) is 20.9. The lowest BCUT2D eigenvalue weighted by Gasteiger charge is -2.29. The Hall–Kier alpha value is -3.14. The SMILES string of the molecule is Cc1csc(C2CCCN2C(=O)c2cccc(C(=O)NC(Cc3cccc(F)c3)C(O)C3CCCN3)c2)n1. The van der Waals surface area contributed by atoms with Crippen molar-refractivity contribution in [1.29, 1.82) is 0 Å². The number of benzene rings is 2. The highest BCUT2D eigenvalue weighted by Crippen LogP contribution is 2.34. The van der Waals surface area contributed by atoms with Crippen LogP contribution in [0.15, 0.2) is 53.9 Å². The summed E-state index contributed by atoms with van der Waals surface area (Å²) in [5, 5.41) is 20.3. The van der Waals surface area contributed by atoms with Crippen LogP contribution in [0.25, 0.3) is 0 Å². The number of aromatic nitrogens is 1. The van der Waals surface area contributed by atoms with Crippen LogP contribution in [0, 0.1) is 12.7 Å². The molecule has 9 heteroatoms. The zero-order valence-corrected chi connectivity index (χ0v) is 22.2. The van der Waals surface area contributed by atoms with Gasteiger partial charge in [0.25, 0.3) is 11.8 Å². The second kappa shape index (κ2) is 11.7. The first-order valence-electron chi connectivity index (χ1n) is 13.2. The molecule has 3 aromatic rings. The van der Waals surface area contributed by atoms with Gasteiger partial charge in [0.15, 0.2) is 0 Å². The van der Waals surface area contributed by atoms with Crippen LogP contribution in [0.1, 0.15) is 68.7 Å². The van der Waals surface area contributed by atoms with E-state index in [2.05, 4.69) is 15.6 Å². The number of aryl methyl sites for hydroxylation is 1. The number of hydrogen-bond donors (Lipinski definition) is 3. The van der Waals surface area contributed by atoms with E-state index in [1.165, 1.54) is 12.1 Å². The molecule has 0 saturated carbocycles. The summed E-state index contributed by atoms with van der Waals surface area (Å²) in [6.07, 6.45) is 2.96. The molecule has 38 heavy (non-hydrogen) atoms. The molecule has 2 saturated heterocycles. The van der Waals surface area contributed by atoms with Crippen LogP contribution in [0.3, 0.4) is 0 Å². The van der Waals surface area contributed by atoms with Crippen molar-refractivity contribution < 1.29 is 19.1 Å². The number of hydrogen-bond acceptors (Lipinski definition) is 6. The lowest BCUT2D eigenvalue weighted by atomic mass is 9.95. The zero-order valence-electron chi connectivity index (χ0n) is 21.4. The van der Waals surface area contributed by atoms with Crippen LogP contribution in [0.2, 0.25) is 0 Å². The van der Waals surface area contributed by atoms with Crippen molar-refractivity contribution >= 4 is 23.2 Å². The Balaban J connectivity index is 1.33. The van der Waals surface area contributed by atoms with Gasteiger partial charge in [-0.3, -0.25) is 9.59 Å². The number of aliphatic hydroxyl groups is 1. The molecular formula is C29H33FN4O3S. The third-order valence-electron chi connectivity index (χ3n) is 7.39. The van der Waals surface area contributed by atoms with Gasteiger partial charge >= 0.3 is 0 Å². The Morgan fingerprint density at radius 2 is 2.00 bits per heavy atom. The topological polar surface area (TPSA) is 94.6 Å². The van der Waals surface area contributed by atoms with Crippen LogP contribution >= 0.6 is 11.3 Å². The number of carbonyl (C=O) groups excluding carboxylic acids is 2. The minimum absolute atomic E-state index is 0.0524. The third kappa shape index (κ3) is 5.95. The first kappa shape index (κ1) is 26.5. The van der Waals surface area contributed by atoms with E-state index in [1.807, 2.05) is 17.2 Å². The van der Waals surface area contributed by atoms with Gasteiger partial charge in [0.05, 0.1) is 18.2 Å². The fourth-order valence-electron chi connectivity index (χ4n) is 5.46. The molecule has 2 aliphatic rings. The number of rotatable bonds is 8. The Kier molecular flexibility index (Phi) is 8.16. The molecule has 7 nitrogen and oxygen atoms in total. The standard InChI is InChI=1S/C29H33FN4O3S/c1-18-17-38-28(32-18)25-11-5-13-34(25)29(37)21-8-3-7-20(16-21)27(36)33-24(26(35)23-10-4-12-31-23)15-19-6-2-9-22(30)14-19/h2-3,6-9,14,16-17,23-26,31,35H,4-5,10-13,15H2,1H3,(H,33,36). The predicted octanol–water partition coefficient (Wildman–Crippen LogP) is 4.02. The minimum atomic E-state index is -0.846. The highest BCUT2D eigenvalue weighted by Gasteiger charge is 2.34. The maximum Gasteiger partial charge on any atom is 0.254 e. The van der Waals surface area contributed by atoms with E-state index < -0.39 is 12.1 Å². The van der Waals surface area contributed by atoms with Gasteiger partial charge in [0, 0.05) is 34.8 Å². The zero-order chi connectivity index (χ0) is 26.6. The number of halogens is 1. The number of nitrogens with zero attached hydrogens (tertiary/aromatic N) is 2. The van der Waals surface area contributed by atoms with E-state index in [1.54, 1.807) is 47.7 Å². The Bertz CT molecular complexity index is 1290. The largest absolute Gasteiger partial charge is 0.389 e. The first-order chi connectivity index (χ1) is 18.4. The number of thiazole rings is 1. The Labute approximate surface area is 226 Å². The number of aliphatic hydroxyl groups excluding tert-OH is 1. The summed E-state index contributed by atoms with van der Waals surface area (Å²) in [5.74, 6) is -0.867. The number of nitrogens with one attached hydrogen (secondary N) is 2. The quantitative estimate of drug-likeness (QED) is 0.404. The van der Waals surface area contributed by atoms with E-state index in [-0.39, 0.29) is 36.1 Å². The Morgan fingerprint density at radius 1 is 1.18 bits per heavy atom. The van der Waals surface area contributed by atoms with E-state index in [4.69, 9.17) is 0 Å². The molecule has 0 aliphatic carbocycles. The minimum Gasteiger partial charge on any atom is -0.389 e. The molecule has 2 aliphatic heterocycles. The molecule has 5 rings (SSSR count). The number of likely N-dealkylation sites (tertiary alicyclic amines) is 1. The second-order valence-corrected chi connectivity index (χ2v) is 11.1. The van der Waals surface area contributed by atoms with Gasteiger partial charge < -0.3 is 20.6 Å². The molecule has 4 atom stereocenters. The summed E-state index contributed by atoms with van der Waals surface area (Å²) < 4.78 is 13.8. The molecule has 4 unspecified atom stereocenters. The van der Waals surface area contributed by atoms with Gasteiger partial charge in [-0.25, -0.2) is 9.37 Å². The summed E-state index contributed by atoms with van der Waals surface area (Å²) >= 11 is 1.57. The molecule has 200 valence electrons. The maximum atomic E-state index is 13.8. The lowest BCUT2D eigenvalue weighted by molar-refractivity contribution is 0.0733. The van der Waals surface area contributed by atoms with E-state index in [0.717, 1.165) is 42.9 Å². The van der Waals surface area contributed by atoms with Crippen molar-refractivity contribution in [2.75, 3.05) is 13.1 Å². The molecule has 3 N–H and O–H groups in total. The van der Waals surface area contributed by atoms with Crippen molar-refractivity contribution in [3.05, 3.63) is 87.1 Å². The summed E-state index contributed by atoms with van der Waals surface area (Å²) in [6, 6.07) is 12.1. The van der Waals surface area contributed by atoms with Crippen LogP contribution < -0.4 is 10.6 Å². The van der Waals surface area contributed by atoms with Crippen LogP contribution in [0.4, 0.5) is 4.39 Å². The summed E-state index contributed by atoms with van der Waals surface area (Å²) in [4.78, 5) is 33.3. The summed E-state index contributed by atoms with van der Waals surface area (Å²) in [6.45, 7) is 3.41. The first-order valence-corrected chi connectivity index (χ1v) is 14.1. The molecule has 0 bridgehead atoms. The van der Waals surface area contributed by atoms with Gasteiger partial charge in [0.2, 0.25) is 0 Å². The molecule has 2 fully saturated rings. The fourth-order valence-corrected chi connectivity index (χ4v) is 6.40. The average Bonchev–Trinajstić information content (AvgIpc) is 3.69. The van der Waals surface area contributed by atoms with Gasteiger partial charge in [0.1, 0.15) is 10.8 Å². The highest BCUT2D eigenvalue weighted by atomic mass is 32.1. The summed E-state index contributed by atoms with van der Waals surface area (Å²) in [7, 11) is 0. The lowest BCUT2D eigenvalue weighted by Crippen LogP contribution is -2.52. The second-order valence-electron chi connectivity index (χ2n) is 10.2. The molecular weight excluding hydrogens is 503 g/mol. The van der Waals surface area contributed by atoms with Crippen molar-refractivity contribution in [2.24, 2.45) is 0 Å². The van der Waals surface area contributed by atoms with Crippen molar-refractivity contribution in [3.8, 4) is 0 Å². The van der Waals surface area contributed by atoms with Crippen LogP contribution in [-0.2, 0) is 6.42 Å². The highest BCUT2D eigenvalue weighted by molar-refractivity contribution is 7.09. The molecule has 3 heterocycles. The number of carbonyl (C=O) groups is 2. The van der Waals surface area contributed by atoms with E-state index >= 15 is 0 Å². The summed E-state index contributed by atoms with van der Waals surface area (Å²) in [5.41, 5.74) is 2.42. The van der Waals surface area contributed by atoms with Crippen molar-refractivity contribution in [2.45, 2.75) is 63.3 Å². The smallest absolute Gasteiger partial charge is 0.254 e. The van der Waals surface area contributed by atoms with Gasteiger partial charge in [-0.2, -0.15) is 0 Å². The monoisotopic (exact) mass is 536 g/mol. The van der Waals surface area contributed by atoms with Crippen LogP contribution in [-0.4, -0.2) is 58.1 Å². The maximum absolute atomic E-state index is 13.8. The molecule has 0 spiro atoms. The fraction of sp³-hybridized carbons (Fsp3) is 0.414. The van der Waals surface area contributed by atoms with E-state index in [0.29, 0.717) is 23.2 Å². The van der Waals surface area contributed by atoms with Crippen molar-refractivity contribution in [1.82, 2.24) is 20.5 Å². The Morgan fingerprint density at radius 3 is 2.74 bits per heavy atom. The van der Waals surface area contributed by atoms with E-state index in [9.17, 15) is 19.1 Å².